The SMILES string of the molecule is O=C(CN1CCc2sccc2[C@@H]1C1CC1)NC(=O)Nc1ccccc1. The van der Waals surface area contributed by atoms with Crippen molar-refractivity contribution in [1.82, 2.24) is 10.2 Å². The maximum Gasteiger partial charge on any atom is 0.325 e. The lowest BCUT2D eigenvalue weighted by molar-refractivity contribution is -0.121. The molecule has 0 saturated heterocycles. The number of thiophene rings is 1. The van der Waals surface area contributed by atoms with Gasteiger partial charge in [-0.05, 0) is 54.3 Å². The molecule has 2 aromatic rings. The van der Waals surface area contributed by atoms with E-state index in [1.807, 2.05) is 29.5 Å². The molecule has 1 atom stereocenters. The van der Waals surface area contributed by atoms with Gasteiger partial charge < -0.3 is 5.32 Å². The highest BCUT2D eigenvalue weighted by Crippen LogP contribution is 2.48. The van der Waals surface area contributed by atoms with Crippen LogP contribution >= 0.6 is 11.3 Å². The summed E-state index contributed by atoms with van der Waals surface area (Å²) in [5.74, 6) is 0.400. The number of urea groups is 1. The Morgan fingerprint density at radius 3 is 2.72 bits per heavy atom. The molecule has 1 aliphatic carbocycles. The summed E-state index contributed by atoms with van der Waals surface area (Å²) in [5, 5.41) is 7.28. The number of anilines is 1. The van der Waals surface area contributed by atoms with Gasteiger partial charge in [0.2, 0.25) is 5.91 Å². The second-order valence-corrected chi connectivity index (χ2v) is 7.67. The molecule has 0 unspecified atom stereocenters. The van der Waals surface area contributed by atoms with Crippen molar-refractivity contribution in [1.29, 1.82) is 0 Å². The predicted octanol–water partition coefficient (Wildman–Crippen LogP) is 3.41. The molecule has 2 heterocycles. The Morgan fingerprint density at radius 2 is 1.96 bits per heavy atom. The fourth-order valence-electron chi connectivity index (χ4n) is 3.57. The molecule has 5 nitrogen and oxygen atoms in total. The Labute approximate surface area is 151 Å². The third kappa shape index (κ3) is 3.75. The number of para-hydroxylation sites is 1. The minimum atomic E-state index is -0.479. The molecule has 130 valence electrons. The van der Waals surface area contributed by atoms with E-state index >= 15 is 0 Å². The van der Waals surface area contributed by atoms with Crippen LogP contribution in [0.2, 0.25) is 0 Å². The maximum atomic E-state index is 12.3. The highest BCUT2D eigenvalue weighted by atomic mass is 32.1. The number of nitrogens with one attached hydrogen (secondary N) is 2. The normalized spacial score (nSPS) is 19.9. The van der Waals surface area contributed by atoms with Gasteiger partial charge in [0.05, 0.1) is 6.54 Å². The van der Waals surface area contributed by atoms with Crippen LogP contribution in [0.25, 0.3) is 0 Å². The van der Waals surface area contributed by atoms with Crippen LogP contribution in [0.1, 0.15) is 29.3 Å². The van der Waals surface area contributed by atoms with Gasteiger partial charge in [-0.15, -0.1) is 11.3 Å². The Balaban J connectivity index is 1.36. The number of fused-ring (bicyclic) bond motifs is 1. The third-order valence-electron chi connectivity index (χ3n) is 4.82. The van der Waals surface area contributed by atoms with Gasteiger partial charge in [-0.3, -0.25) is 15.0 Å². The van der Waals surface area contributed by atoms with E-state index in [-0.39, 0.29) is 12.5 Å². The number of imide groups is 1. The monoisotopic (exact) mass is 355 g/mol. The first-order valence-electron chi connectivity index (χ1n) is 8.67. The summed E-state index contributed by atoms with van der Waals surface area (Å²) in [4.78, 5) is 28.0. The lowest BCUT2D eigenvalue weighted by atomic mass is 9.96. The topological polar surface area (TPSA) is 61.4 Å². The summed E-state index contributed by atoms with van der Waals surface area (Å²) in [5.41, 5.74) is 2.06. The Kier molecular flexibility index (Phi) is 4.55. The number of hydrogen-bond acceptors (Lipinski definition) is 4. The van der Waals surface area contributed by atoms with E-state index in [1.165, 1.54) is 23.3 Å². The third-order valence-corrected chi connectivity index (χ3v) is 5.81. The predicted molar refractivity (Wildman–Crippen MR) is 98.7 cm³/mol. The van der Waals surface area contributed by atoms with Crippen molar-refractivity contribution < 1.29 is 9.59 Å². The molecule has 2 N–H and O–H groups in total. The van der Waals surface area contributed by atoms with Crippen LogP contribution < -0.4 is 10.6 Å². The van der Waals surface area contributed by atoms with Crippen molar-refractivity contribution >= 4 is 29.0 Å². The summed E-state index contributed by atoms with van der Waals surface area (Å²) in [6.45, 7) is 1.14. The molecule has 1 fully saturated rings. The van der Waals surface area contributed by atoms with Crippen molar-refractivity contribution in [2.45, 2.75) is 25.3 Å². The molecule has 1 aromatic carbocycles. The number of benzene rings is 1. The summed E-state index contributed by atoms with van der Waals surface area (Å²) in [6, 6.07) is 11.2. The van der Waals surface area contributed by atoms with E-state index in [0.717, 1.165) is 13.0 Å². The Hall–Kier alpha value is -2.18. The van der Waals surface area contributed by atoms with Crippen LogP contribution in [0.4, 0.5) is 10.5 Å². The van der Waals surface area contributed by atoms with Crippen LogP contribution in [-0.4, -0.2) is 29.9 Å². The van der Waals surface area contributed by atoms with Gasteiger partial charge in [-0.2, -0.15) is 0 Å². The second kappa shape index (κ2) is 6.98. The second-order valence-electron chi connectivity index (χ2n) is 6.67. The fourth-order valence-corrected chi connectivity index (χ4v) is 4.49. The van der Waals surface area contributed by atoms with Crippen LogP contribution in [0.3, 0.4) is 0 Å². The van der Waals surface area contributed by atoms with Gasteiger partial charge in [-0.25, -0.2) is 4.79 Å². The molecule has 1 aromatic heterocycles. The highest BCUT2D eigenvalue weighted by molar-refractivity contribution is 7.10. The number of rotatable bonds is 4. The molecular formula is C19H21N3O2S. The smallest absolute Gasteiger partial charge is 0.308 e. The molecule has 0 bridgehead atoms. The Morgan fingerprint density at radius 1 is 1.16 bits per heavy atom. The van der Waals surface area contributed by atoms with Gasteiger partial charge in [0, 0.05) is 23.2 Å². The summed E-state index contributed by atoms with van der Waals surface area (Å²) >= 11 is 1.82. The lowest BCUT2D eigenvalue weighted by Gasteiger charge is -2.35. The largest absolute Gasteiger partial charge is 0.325 e. The number of hydrogen-bond donors (Lipinski definition) is 2. The van der Waals surface area contributed by atoms with Crippen molar-refractivity contribution in [2.24, 2.45) is 5.92 Å². The fraction of sp³-hybridized carbons (Fsp3) is 0.368. The van der Waals surface area contributed by atoms with Gasteiger partial charge in [0.15, 0.2) is 0 Å². The number of nitrogens with zero attached hydrogens (tertiary/aromatic N) is 1. The van der Waals surface area contributed by atoms with E-state index in [1.54, 1.807) is 12.1 Å². The summed E-state index contributed by atoms with van der Waals surface area (Å²) < 4.78 is 0. The van der Waals surface area contributed by atoms with Gasteiger partial charge in [-0.1, -0.05) is 18.2 Å². The van der Waals surface area contributed by atoms with E-state index in [2.05, 4.69) is 27.0 Å². The minimum Gasteiger partial charge on any atom is -0.308 e. The van der Waals surface area contributed by atoms with Crippen molar-refractivity contribution in [3.8, 4) is 0 Å². The first-order chi connectivity index (χ1) is 12.2. The number of carbonyl (C=O) groups is 2. The van der Waals surface area contributed by atoms with Gasteiger partial charge in [0.25, 0.3) is 0 Å². The van der Waals surface area contributed by atoms with E-state index in [9.17, 15) is 9.59 Å². The van der Waals surface area contributed by atoms with E-state index in [4.69, 9.17) is 0 Å². The average Bonchev–Trinajstić information content (AvgIpc) is 3.31. The molecule has 2 aliphatic rings. The summed E-state index contributed by atoms with van der Waals surface area (Å²) in [7, 11) is 0. The van der Waals surface area contributed by atoms with E-state index in [0.29, 0.717) is 17.6 Å². The van der Waals surface area contributed by atoms with Crippen LogP contribution in [0.5, 0.6) is 0 Å². The van der Waals surface area contributed by atoms with E-state index < -0.39 is 6.03 Å². The lowest BCUT2D eigenvalue weighted by Crippen LogP contribution is -2.45. The first-order valence-corrected chi connectivity index (χ1v) is 9.55. The van der Waals surface area contributed by atoms with Crippen molar-refractivity contribution in [3.63, 3.8) is 0 Å². The van der Waals surface area contributed by atoms with Crippen LogP contribution in [0, 0.1) is 5.92 Å². The summed E-state index contributed by atoms with van der Waals surface area (Å²) in [6.07, 6.45) is 3.44. The molecule has 0 radical (unpaired) electrons. The average molecular weight is 355 g/mol. The molecule has 6 heteroatoms. The maximum absolute atomic E-state index is 12.3. The molecule has 1 aliphatic heterocycles. The first kappa shape index (κ1) is 16.3. The Bertz CT molecular complexity index is 770. The molecular weight excluding hydrogens is 334 g/mol. The zero-order valence-corrected chi connectivity index (χ0v) is 14.7. The molecule has 0 spiro atoms. The standard InChI is InChI=1S/C19H21N3O2S/c23-17(21-19(24)20-14-4-2-1-3-5-14)12-22-10-8-16-15(9-11-25-16)18(22)13-6-7-13/h1-5,9,11,13,18H,6-8,10,12H2,(H2,20,21,23,24)/t18-/m0/s1. The van der Waals surface area contributed by atoms with Crippen molar-refractivity contribution in [3.05, 3.63) is 52.2 Å². The zero-order chi connectivity index (χ0) is 17.2. The minimum absolute atomic E-state index is 0.252. The number of amides is 3. The zero-order valence-electron chi connectivity index (χ0n) is 13.9. The van der Waals surface area contributed by atoms with Crippen molar-refractivity contribution in [2.75, 3.05) is 18.4 Å². The molecule has 1 saturated carbocycles. The molecule has 3 amide bonds. The number of carbonyl (C=O) groups excluding carboxylic acids is 2. The molecule has 4 rings (SSSR count). The van der Waals surface area contributed by atoms with Crippen LogP contribution in [0.15, 0.2) is 41.8 Å². The quantitative estimate of drug-likeness (QED) is 0.884. The molecule has 25 heavy (non-hydrogen) atoms. The van der Waals surface area contributed by atoms with Crippen LogP contribution in [-0.2, 0) is 11.2 Å². The van der Waals surface area contributed by atoms with Gasteiger partial charge >= 0.3 is 6.03 Å². The highest BCUT2D eigenvalue weighted by Gasteiger charge is 2.40. The van der Waals surface area contributed by atoms with Gasteiger partial charge in [0.1, 0.15) is 0 Å².